The molecule has 1 aliphatic heterocycles. The first-order chi connectivity index (χ1) is 25.3. The Kier molecular flexibility index (Phi) is 5.41. The number of fused-ring (bicyclic) bond motifs is 14. The lowest BCUT2D eigenvalue weighted by atomic mass is 9.91. The standard InChI is InChI=1S/C48H28N2S/c1-2-12-32-31(11-1)36-16-9-17-37-33-13-3-7-20-42(33)50(47(36)37)44-26-24-29(27-39(32)44)30-23-25-43-40(28-30)34-14-4-6-19-41(34)49(43)45-21-10-18-38-35-15-5-8-22-46(35)51-48(38)45/h1-28H. The molecule has 0 bridgehead atoms. The molecule has 51 heavy (non-hydrogen) atoms. The molecule has 3 heteroatoms. The van der Waals surface area contributed by atoms with Crippen molar-refractivity contribution in [1.82, 2.24) is 9.13 Å². The molecule has 0 spiro atoms. The van der Waals surface area contributed by atoms with Gasteiger partial charge in [0.05, 0.1) is 38.1 Å². The third-order valence-electron chi connectivity index (χ3n) is 11.1. The Hall–Kier alpha value is -6.42. The number of para-hydroxylation sites is 3. The highest BCUT2D eigenvalue weighted by molar-refractivity contribution is 7.26. The number of benzene rings is 8. The molecule has 12 rings (SSSR count). The molecule has 0 atom stereocenters. The normalized spacial score (nSPS) is 12.3. The zero-order chi connectivity index (χ0) is 33.2. The minimum atomic E-state index is 1.22. The molecule has 4 heterocycles. The first-order valence-corrected chi connectivity index (χ1v) is 18.3. The van der Waals surface area contributed by atoms with E-state index in [2.05, 4.69) is 179 Å². The third-order valence-corrected chi connectivity index (χ3v) is 12.3. The number of thiophene rings is 1. The summed E-state index contributed by atoms with van der Waals surface area (Å²) in [5.74, 6) is 0. The quantitative estimate of drug-likeness (QED) is 0.174. The molecule has 0 saturated carbocycles. The smallest absolute Gasteiger partial charge is 0.0640 e. The monoisotopic (exact) mass is 664 g/mol. The van der Waals surface area contributed by atoms with Crippen LogP contribution in [0.15, 0.2) is 170 Å². The molecule has 8 aromatic carbocycles. The molecule has 0 radical (unpaired) electrons. The topological polar surface area (TPSA) is 9.86 Å². The fourth-order valence-corrected chi connectivity index (χ4v) is 10.1. The van der Waals surface area contributed by atoms with E-state index in [1.807, 2.05) is 11.3 Å². The summed E-state index contributed by atoms with van der Waals surface area (Å²) in [4.78, 5) is 0. The second kappa shape index (κ2) is 10.1. The SMILES string of the molecule is c1ccc2c(c1)-c1cc(-c3ccc4c(c3)c3ccccc3n4-c3cccc4c3sc3ccccc34)ccc1-n1c3ccccc3c3cccc-2c31. The Balaban J connectivity index is 1.10. The highest BCUT2D eigenvalue weighted by Gasteiger charge is 2.25. The van der Waals surface area contributed by atoms with E-state index < -0.39 is 0 Å². The van der Waals surface area contributed by atoms with E-state index in [0.717, 1.165) is 0 Å². The molecule has 0 unspecified atom stereocenters. The molecular formula is C48H28N2S. The van der Waals surface area contributed by atoms with Crippen molar-refractivity contribution in [2.75, 3.05) is 0 Å². The van der Waals surface area contributed by atoms with Crippen LogP contribution in [0.3, 0.4) is 0 Å². The highest BCUT2D eigenvalue weighted by atomic mass is 32.1. The first-order valence-electron chi connectivity index (χ1n) is 17.5. The van der Waals surface area contributed by atoms with Crippen LogP contribution in [0.25, 0.3) is 109 Å². The number of nitrogens with zero attached hydrogens (tertiary/aromatic N) is 2. The van der Waals surface area contributed by atoms with Crippen molar-refractivity contribution in [3.8, 4) is 44.8 Å². The molecule has 0 fully saturated rings. The van der Waals surface area contributed by atoms with E-state index in [9.17, 15) is 0 Å². The van der Waals surface area contributed by atoms with Crippen LogP contribution in [0.2, 0.25) is 0 Å². The molecule has 236 valence electrons. The fourth-order valence-electron chi connectivity index (χ4n) is 8.89. The van der Waals surface area contributed by atoms with Crippen LogP contribution in [-0.2, 0) is 0 Å². The van der Waals surface area contributed by atoms with Crippen LogP contribution >= 0.6 is 11.3 Å². The van der Waals surface area contributed by atoms with Gasteiger partial charge in [-0.15, -0.1) is 11.3 Å². The summed E-state index contributed by atoms with van der Waals surface area (Å²) in [6.45, 7) is 0. The summed E-state index contributed by atoms with van der Waals surface area (Å²) in [5, 5.41) is 7.76. The second-order valence-electron chi connectivity index (χ2n) is 13.7. The molecular weight excluding hydrogens is 637 g/mol. The number of hydrogen-bond donors (Lipinski definition) is 0. The predicted molar refractivity (Wildman–Crippen MR) is 218 cm³/mol. The van der Waals surface area contributed by atoms with E-state index in [1.54, 1.807) is 0 Å². The van der Waals surface area contributed by atoms with Crippen molar-refractivity contribution in [2.24, 2.45) is 0 Å². The average Bonchev–Trinajstić information content (AvgIpc) is 3.83. The van der Waals surface area contributed by atoms with Gasteiger partial charge in [0.15, 0.2) is 0 Å². The maximum absolute atomic E-state index is 2.49. The predicted octanol–water partition coefficient (Wildman–Crippen LogP) is 13.6. The average molecular weight is 665 g/mol. The van der Waals surface area contributed by atoms with Gasteiger partial charge in [0.1, 0.15) is 0 Å². The van der Waals surface area contributed by atoms with Gasteiger partial charge < -0.3 is 9.13 Å². The second-order valence-corrected chi connectivity index (χ2v) is 14.7. The van der Waals surface area contributed by atoms with Crippen LogP contribution in [0.1, 0.15) is 0 Å². The van der Waals surface area contributed by atoms with Gasteiger partial charge in [0.2, 0.25) is 0 Å². The van der Waals surface area contributed by atoms with Crippen LogP contribution in [0, 0.1) is 0 Å². The van der Waals surface area contributed by atoms with Crippen LogP contribution in [-0.4, -0.2) is 9.13 Å². The van der Waals surface area contributed by atoms with E-state index in [4.69, 9.17) is 0 Å². The lowest BCUT2D eigenvalue weighted by molar-refractivity contribution is 1.19. The lowest BCUT2D eigenvalue weighted by Crippen LogP contribution is -1.96. The highest BCUT2D eigenvalue weighted by Crippen LogP contribution is 2.48. The maximum Gasteiger partial charge on any atom is 0.0640 e. The van der Waals surface area contributed by atoms with Gasteiger partial charge in [0.25, 0.3) is 0 Å². The molecule has 0 amide bonds. The van der Waals surface area contributed by atoms with Crippen molar-refractivity contribution in [3.63, 3.8) is 0 Å². The zero-order valence-electron chi connectivity index (χ0n) is 27.5. The lowest BCUT2D eigenvalue weighted by Gasteiger charge is -2.15. The summed E-state index contributed by atoms with van der Waals surface area (Å²) in [6.07, 6.45) is 0. The van der Waals surface area contributed by atoms with Gasteiger partial charge in [0, 0.05) is 48.1 Å². The minimum absolute atomic E-state index is 1.22. The van der Waals surface area contributed by atoms with Crippen molar-refractivity contribution in [2.45, 2.75) is 0 Å². The van der Waals surface area contributed by atoms with Gasteiger partial charge in [-0.25, -0.2) is 0 Å². The third kappa shape index (κ3) is 3.65. The van der Waals surface area contributed by atoms with Crippen LogP contribution in [0.4, 0.5) is 0 Å². The van der Waals surface area contributed by atoms with Crippen molar-refractivity contribution in [3.05, 3.63) is 170 Å². The molecule has 0 N–H and O–H groups in total. The largest absolute Gasteiger partial charge is 0.308 e. The Morgan fingerprint density at radius 2 is 0.922 bits per heavy atom. The number of aromatic nitrogens is 2. The van der Waals surface area contributed by atoms with Crippen molar-refractivity contribution < 1.29 is 0 Å². The number of rotatable bonds is 2. The Morgan fingerprint density at radius 1 is 0.333 bits per heavy atom. The summed E-state index contributed by atoms with van der Waals surface area (Å²) in [6, 6.07) is 63.0. The number of hydrogen-bond acceptors (Lipinski definition) is 1. The van der Waals surface area contributed by atoms with Gasteiger partial charge in [-0.3, -0.25) is 0 Å². The van der Waals surface area contributed by atoms with Crippen LogP contribution < -0.4 is 0 Å². The Bertz CT molecular complexity index is 3260. The van der Waals surface area contributed by atoms with Crippen molar-refractivity contribution in [1.29, 1.82) is 0 Å². The van der Waals surface area contributed by atoms with Crippen LogP contribution in [0.5, 0.6) is 0 Å². The fraction of sp³-hybridized carbons (Fsp3) is 0. The Labute approximate surface area is 297 Å². The molecule has 11 aromatic rings. The molecule has 2 nitrogen and oxygen atoms in total. The van der Waals surface area contributed by atoms with E-state index in [0.29, 0.717) is 0 Å². The van der Waals surface area contributed by atoms with E-state index in [-0.39, 0.29) is 0 Å². The maximum atomic E-state index is 2.49. The first kappa shape index (κ1) is 27.4. The zero-order valence-corrected chi connectivity index (χ0v) is 28.3. The summed E-state index contributed by atoms with van der Waals surface area (Å²) in [5.41, 5.74) is 14.9. The summed E-state index contributed by atoms with van der Waals surface area (Å²) < 4.78 is 7.61. The van der Waals surface area contributed by atoms with Gasteiger partial charge >= 0.3 is 0 Å². The summed E-state index contributed by atoms with van der Waals surface area (Å²) in [7, 11) is 0. The molecule has 0 saturated heterocycles. The van der Waals surface area contributed by atoms with Gasteiger partial charge in [-0.1, -0.05) is 121 Å². The Morgan fingerprint density at radius 3 is 1.78 bits per heavy atom. The molecule has 3 aromatic heterocycles. The van der Waals surface area contributed by atoms with Gasteiger partial charge in [-0.05, 0) is 70.8 Å². The van der Waals surface area contributed by atoms with Gasteiger partial charge in [-0.2, -0.15) is 0 Å². The van der Waals surface area contributed by atoms with E-state index >= 15 is 0 Å². The summed E-state index contributed by atoms with van der Waals surface area (Å²) >= 11 is 1.88. The molecule has 1 aliphatic rings. The minimum Gasteiger partial charge on any atom is -0.308 e. The van der Waals surface area contributed by atoms with E-state index in [1.165, 1.54) is 109 Å². The molecule has 0 aliphatic carbocycles. The van der Waals surface area contributed by atoms with Crippen molar-refractivity contribution >= 4 is 75.1 Å².